The fourth-order valence-corrected chi connectivity index (χ4v) is 1.99. The van der Waals surface area contributed by atoms with Crippen molar-refractivity contribution in [3.8, 4) is 5.75 Å². The molecule has 0 bridgehead atoms. The average molecular weight is 249 g/mol. The maximum absolute atomic E-state index is 14.2. The third-order valence-electron chi connectivity index (χ3n) is 2.93. The van der Waals surface area contributed by atoms with Crippen LogP contribution in [0.2, 0.25) is 0 Å². The summed E-state index contributed by atoms with van der Waals surface area (Å²) in [5, 5.41) is 3.07. The van der Waals surface area contributed by atoms with Crippen LogP contribution >= 0.6 is 0 Å². The van der Waals surface area contributed by atoms with Crippen LogP contribution in [-0.4, -0.2) is 23.7 Å². The van der Waals surface area contributed by atoms with Gasteiger partial charge in [-0.2, -0.15) is 0 Å². The summed E-state index contributed by atoms with van der Waals surface area (Å²) in [5.74, 6) is 0.633. The monoisotopic (exact) mass is 249 g/mol. The highest BCUT2D eigenvalue weighted by Gasteiger charge is 2.21. The molecule has 0 aliphatic heterocycles. The first kappa shape index (κ1) is 12.6. The molecule has 96 valence electrons. The number of nitrogens with zero attached hydrogens (tertiary/aromatic N) is 2. The molecule has 1 aromatic carbocycles. The van der Waals surface area contributed by atoms with Gasteiger partial charge in [-0.05, 0) is 13.1 Å². The van der Waals surface area contributed by atoms with Crippen LogP contribution < -0.4 is 10.1 Å². The number of hydrogen-bond donors (Lipinski definition) is 1. The smallest absolute Gasteiger partial charge is 0.170 e. The van der Waals surface area contributed by atoms with Crippen LogP contribution in [0.5, 0.6) is 5.75 Å². The van der Waals surface area contributed by atoms with Gasteiger partial charge in [0.2, 0.25) is 0 Å². The average Bonchev–Trinajstić information content (AvgIpc) is 2.79. The van der Waals surface area contributed by atoms with Gasteiger partial charge >= 0.3 is 0 Å². The summed E-state index contributed by atoms with van der Waals surface area (Å²) >= 11 is 0. The maximum atomic E-state index is 14.2. The third-order valence-corrected chi connectivity index (χ3v) is 2.93. The van der Waals surface area contributed by atoms with E-state index in [4.69, 9.17) is 4.74 Å². The maximum Gasteiger partial charge on any atom is 0.170 e. The van der Waals surface area contributed by atoms with Gasteiger partial charge in [-0.3, -0.25) is 0 Å². The predicted molar refractivity (Wildman–Crippen MR) is 67.1 cm³/mol. The summed E-state index contributed by atoms with van der Waals surface area (Å²) in [4.78, 5) is 4.25. The van der Waals surface area contributed by atoms with Crippen LogP contribution in [0.3, 0.4) is 0 Å². The first-order valence-corrected chi connectivity index (χ1v) is 5.66. The van der Waals surface area contributed by atoms with E-state index in [1.165, 1.54) is 7.11 Å². The van der Waals surface area contributed by atoms with Crippen molar-refractivity contribution in [2.45, 2.75) is 6.04 Å². The van der Waals surface area contributed by atoms with E-state index in [2.05, 4.69) is 10.3 Å². The second-order valence-corrected chi connectivity index (χ2v) is 3.98. The Morgan fingerprint density at radius 1 is 1.44 bits per heavy atom. The molecule has 2 rings (SSSR count). The summed E-state index contributed by atoms with van der Waals surface area (Å²) in [5.41, 5.74) is 0.520. The zero-order valence-corrected chi connectivity index (χ0v) is 10.6. The van der Waals surface area contributed by atoms with Gasteiger partial charge < -0.3 is 14.6 Å². The van der Waals surface area contributed by atoms with Crippen molar-refractivity contribution in [3.63, 3.8) is 0 Å². The number of aryl methyl sites for hydroxylation is 1. The van der Waals surface area contributed by atoms with Gasteiger partial charge in [0, 0.05) is 25.0 Å². The Labute approximate surface area is 105 Å². The number of hydrogen-bond acceptors (Lipinski definition) is 3. The van der Waals surface area contributed by atoms with Crippen molar-refractivity contribution >= 4 is 0 Å². The summed E-state index contributed by atoms with van der Waals surface area (Å²) in [6, 6.07) is 4.79. The van der Waals surface area contributed by atoms with Crippen LogP contribution in [0.4, 0.5) is 4.39 Å². The Hall–Kier alpha value is -1.88. The minimum absolute atomic E-state index is 0.238. The molecular weight excluding hydrogens is 233 g/mol. The molecule has 0 amide bonds. The Morgan fingerprint density at radius 2 is 2.22 bits per heavy atom. The molecule has 2 aromatic rings. The molecule has 1 heterocycles. The molecule has 0 saturated carbocycles. The highest BCUT2D eigenvalue weighted by atomic mass is 19.1. The topological polar surface area (TPSA) is 39.1 Å². The summed E-state index contributed by atoms with van der Waals surface area (Å²) in [6.45, 7) is 0. The highest BCUT2D eigenvalue weighted by molar-refractivity contribution is 5.35. The number of halogens is 1. The van der Waals surface area contributed by atoms with E-state index in [1.54, 1.807) is 31.4 Å². The van der Waals surface area contributed by atoms with Crippen molar-refractivity contribution in [1.82, 2.24) is 14.9 Å². The minimum atomic E-state index is -0.359. The van der Waals surface area contributed by atoms with Crippen LogP contribution in [0, 0.1) is 5.82 Å². The van der Waals surface area contributed by atoms with Crippen LogP contribution in [0.25, 0.3) is 0 Å². The second-order valence-electron chi connectivity index (χ2n) is 3.98. The van der Waals surface area contributed by atoms with Gasteiger partial charge in [0.05, 0.1) is 13.2 Å². The number of rotatable bonds is 4. The molecule has 1 atom stereocenters. The van der Waals surface area contributed by atoms with Gasteiger partial charge in [0.1, 0.15) is 5.82 Å². The van der Waals surface area contributed by atoms with Crippen LogP contribution in [0.15, 0.2) is 30.6 Å². The van der Waals surface area contributed by atoms with Crippen LogP contribution in [-0.2, 0) is 7.05 Å². The van der Waals surface area contributed by atoms with Gasteiger partial charge in [-0.25, -0.2) is 9.37 Å². The van der Waals surface area contributed by atoms with Crippen molar-refractivity contribution in [2.75, 3.05) is 14.2 Å². The normalized spacial score (nSPS) is 12.4. The van der Waals surface area contributed by atoms with Gasteiger partial charge in [0.15, 0.2) is 11.6 Å². The molecular formula is C13H16FN3O. The van der Waals surface area contributed by atoms with Crippen molar-refractivity contribution in [3.05, 3.63) is 47.8 Å². The lowest BCUT2D eigenvalue weighted by atomic mass is 10.1. The Balaban J connectivity index is 2.49. The lowest BCUT2D eigenvalue weighted by Gasteiger charge is -2.18. The number of aromatic nitrogens is 2. The molecule has 0 aliphatic rings. The fraction of sp³-hybridized carbons (Fsp3) is 0.308. The molecule has 1 aromatic heterocycles. The van der Waals surface area contributed by atoms with E-state index in [-0.39, 0.29) is 17.6 Å². The van der Waals surface area contributed by atoms with E-state index in [1.807, 2.05) is 17.8 Å². The zero-order chi connectivity index (χ0) is 13.1. The van der Waals surface area contributed by atoms with Gasteiger partial charge in [-0.1, -0.05) is 12.1 Å². The molecule has 4 nitrogen and oxygen atoms in total. The number of nitrogens with one attached hydrogen (secondary N) is 1. The quantitative estimate of drug-likeness (QED) is 0.899. The van der Waals surface area contributed by atoms with E-state index in [9.17, 15) is 4.39 Å². The zero-order valence-electron chi connectivity index (χ0n) is 10.6. The molecule has 1 N–H and O–H groups in total. The highest BCUT2D eigenvalue weighted by Crippen LogP contribution is 2.28. The van der Waals surface area contributed by atoms with Crippen LogP contribution in [0.1, 0.15) is 17.4 Å². The van der Waals surface area contributed by atoms with Crippen molar-refractivity contribution in [1.29, 1.82) is 0 Å². The first-order valence-electron chi connectivity index (χ1n) is 5.66. The van der Waals surface area contributed by atoms with Gasteiger partial charge in [-0.15, -0.1) is 0 Å². The SMILES string of the molecule is CNC(c1cccc(OC)c1F)c1nccn1C. The van der Waals surface area contributed by atoms with E-state index in [0.29, 0.717) is 5.56 Å². The predicted octanol–water partition coefficient (Wildman–Crippen LogP) is 1.88. The third kappa shape index (κ3) is 2.09. The van der Waals surface area contributed by atoms with Gasteiger partial charge in [0.25, 0.3) is 0 Å². The summed E-state index contributed by atoms with van der Waals surface area (Å²) in [7, 11) is 5.11. The number of methoxy groups -OCH3 is 1. The standard InChI is InChI=1S/C13H16FN3O/c1-15-12(13-16-7-8-17(13)2)9-5-4-6-10(18-3)11(9)14/h4-8,12,15H,1-3H3. The molecule has 0 fully saturated rings. The lowest BCUT2D eigenvalue weighted by Crippen LogP contribution is -2.22. The molecule has 5 heteroatoms. The fourth-order valence-electron chi connectivity index (χ4n) is 1.99. The Morgan fingerprint density at radius 3 is 2.78 bits per heavy atom. The minimum Gasteiger partial charge on any atom is -0.494 e. The lowest BCUT2D eigenvalue weighted by molar-refractivity contribution is 0.381. The molecule has 18 heavy (non-hydrogen) atoms. The number of ether oxygens (including phenoxy) is 1. The van der Waals surface area contributed by atoms with Crippen molar-refractivity contribution < 1.29 is 9.13 Å². The molecule has 1 unspecified atom stereocenters. The molecule has 0 saturated heterocycles. The molecule has 0 aliphatic carbocycles. The second kappa shape index (κ2) is 5.18. The van der Waals surface area contributed by atoms with Crippen molar-refractivity contribution in [2.24, 2.45) is 7.05 Å². The summed E-state index contributed by atoms with van der Waals surface area (Å²) < 4.78 is 21.1. The van der Waals surface area contributed by atoms with E-state index < -0.39 is 0 Å². The van der Waals surface area contributed by atoms with E-state index >= 15 is 0 Å². The molecule has 0 radical (unpaired) electrons. The summed E-state index contributed by atoms with van der Waals surface area (Å²) in [6.07, 6.45) is 3.52. The number of benzene rings is 1. The largest absolute Gasteiger partial charge is 0.494 e. The Bertz CT molecular complexity index is 539. The number of imidazole rings is 1. The molecule has 0 spiro atoms. The first-order chi connectivity index (χ1) is 8.69. The Kier molecular flexibility index (Phi) is 3.62. The van der Waals surface area contributed by atoms with E-state index in [0.717, 1.165) is 5.82 Å².